The van der Waals surface area contributed by atoms with Crippen molar-refractivity contribution in [2.24, 2.45) is 0 Å². The Morgan fingerprint density at radius 2 is 0.614 bits per heavy atom. The number of carbonyl (C=O) groups excluding carboxylic acids is 6. The second kappa shape index (κ2) is 51.8. The fraction of sp³-hybridized carbons (Fsp3) is 0.914. The molecule has 0 spiro atoms. The van der Waals surface area contributed by atoms with Crippen LogP contribution in [-0.2, 0) is 133 Å². The number of aliphatic carboxylic acids is 1. The van der Waals surface area contributed by atoms with Crippen LogP contribution in [0.25, 0.3) is 0 Å². The smallest absolute Gasteiger partial charge is 0.364 e. The summed E-state index contributed by atoms with van der Waals surface area (Å²) in [5, 5.41) is 355. The lowest BCUT2D eigenvalue weighted by Gasteiger charge is -2.52. The summed E-state index contributed by atoms with van der Waals surface area (Å²) < 4.78 is 128. The van der Waals surface area contributed by atoms with Crippen molar-refractivity contribution in [2.45, 2.75) is 398 Å². The quantitative estimate of drug-likeness (QED) is 0.0272. The third-order valence-corrected chi connectivity index (χ3v) is 26.3. The molecular formula is C81H134N6O58. The topological polar surface area (TPSA) is 992 Å². The Balaban J connectivity index is 0.986. The number of ether oxygens (including phenoxy) is 21. The van der Waals surface area contributed by atoms with Crippen LogP contribution in [0.5, 0.6) is 0 Å². The van der Waals surface area contributed by atoms with Crippen molar-refractivity contribution in [3.05, 3.63) is 0 Å². The number of carbonyl (C=O) groups is 7. The number of hydrogen-bond donors (Lipinski definition) is 36. The standard InChI is InChI=1S/C81H134N6O58/c1-19-43(103)55(115)59(119)75(128-19)125-16-35-64(52(112)38(70(122)129-35)83-21(3)96)138-73-41(86-24(6)99)53(113)63(33(15-94)134-73)140-77-61(121)67(65(141-71-39(84-22(4)97)50(110)45(105)28(10-89)130-71)36(137-77)17-126-78-68(57(117)47(107)30(12-91)132-78)143-72-40(85-23(5)98)51(111)46(106)29(11-90)131-72)142-79-69(58(118)48(108)31(13-92)133-79)144-74-42(87-25(7)100)54(114)62(32(14-93)135-74)139-76-60(120)56(116)49(109)34(136-76)18-127-81(80(123)124)8-26(101)37(82-20(2)95)66(145-81)44(104)27(102)9-88/h19,26-79,88-94,101-122H,8-18H2,1-7H3,(H,82,95)(H,83,96)(H,84,97)(H,85,98)(H,86,99)(H,87,100)(H,123,124)/t19-,26-,27+,28+,29+,30+,31+,32+,33+,34+,35+,36+,37+,38+,39+,40+,41+,42+,43+,44+,45+,46+,47+,48+,49-,50+,51+,52+,53+,54+,55+,56-,57-,58-,59-,60+,61-,62+,63+,64+,65+,66+,67+,68-,69-,70-,71-,72-,73-,74-,75+,76-,77-,78-,79+,81+/m0/s1. The van der Waals surface area contributed by atoms with Crippen LogP contribution in [0.4, 0.5) is 0 Å². The first-order valence-corrected chi connectivity index (χ1v) is 46.1. The van der Waals surface area contributed by atoms with E-state index in [1.54, 1.807) is 0 Å². The van der Waals surface area contributed by atoms with Gasteiger partial charge in [-0.3, -0.25) is 28.8 Å². The van der Waals surface area contributed by atoms with E-state index in [0.717, 1.165) is 41.5 Å². The first-order valence-electron chi connectivity index (χ1n) is 46.1. The second-order valence-corrected chi connectivity index (χ2v) is 36.7. The number of aliphatic hydroxyl groups is 29. The lowest BCUT2D eigenvalue weighted by Crippen LogP contribution is -2.71. The monoisotopic (exact) mass is 2120 g/mol. The molecule has 6 amide bonds. The first-order chi connectivity index (χ1) is 68.3. The van der Waals surface area contributed by atoms with Gasteiger partial charge in [0.2, 0.25) is 35.4 Å². The van der Waals surface area contributed by atoms with Gasteiger partial charge in [-0.1, -0.05) is 0 Å². The largest absolute Gasteiger partial charge is 0.477 e. The maximum atomic E-state index is 13.5. The van der Waals surface area contributed by atoms with Crippen LogP contribution in [-0.4, -0.2) is 604 Å². The van der Waals surface area contributed by atoms with Gasteiger partial charge in [-0.05, 0) is 6.92 Å². The Labute approximate surface area is 821 Å². The Morgan fingerprint density at radius 1 is 0.297 bits per heavy atom. The highest BCUT2D eigenvalue weighted by Crippen LogP contribution is 2.43. The molecule has 0 radical (unpaired) electrons. The molecule has 11 saturated heterocycles. The third-order valence-electron chi connectivity index (χ3n) is 26.3. The summed E-state index contributed by atoms with van der Waals surface area (Å²) in [4.78, 5) is 91.1. The minimum Gasteiger partial charge on any atom is -0.477 e. The molecular weight excluding hydrogens is 1980 g/mol. The summed E-state index contributed by atoms with van der Waals surface area (Å²) in [7, 11) is 0. The highest BCUT2D eigenvalue weighted by atomic mass is 16.8. The number of amides is 6. The van der Waals surface area contributed by atoms with Crippen LogP contribution < -0.4 is 31.9 Å². The first kappa shape index (κ1) is 120. The Hall–Kier alpha value is -5.71. The highest BCUT2D eigenvalue weighted by molar-refractivity contribution is 5.77. The van der Waals surface area contributed by atoms with Gasteiger partial charge in [0.15, 0.2) is 62.9 Å². The van der Waals surface area contributed by atoms with E-state index in [1.807, 2.05) is 0 Å². The number of hydrogen-bond acceptors (Lipinski definition) is 57. The molecule has 11 aliphatic heterocycles. The van der Waals surface area contributed by atoms with Gasteiger partial charge in [0.05, 0.1) is 84.3 Å². The summed E-state index contributed by atoms with van der Waals surface area (Å²) in [6, 6.07) is -11.9. The second-order valence-electron chi connectivity index (χ2n) is 36.7. The molecule has 64 nitrogen and oxygen atoms in total. The van der Waals surface area contributed by atoms with Crippen LogP contribution in [0.15, 0.2) is 0 Å². The van der Waals surface area contributed by atoms with E-state index >= 15 is 0 Å². The van der Waals surface area contributed by atoms with Crippen molar-refractivity contribution in [3.8, 4) is 0 Å². The van der Waals surface area contributed by atoms with Crippen molar-refractivity contribution in [1.82, 2.24) is 31.9 Å². The molecule has 64 heteroatoms. The van der Waals surface area contributed by atoms with Crippen LogP contribution >= 0.6 is 0 Å². The molecule has 11 aliphatic rings. The minimum atomic E-state index is -3.15. The van der Waals surface area contributed by atoms with Crippen LogP contribution in [0, 0.1) is 0 Å². The van der Waals surface area contributed by atoms with Gasteiger partial charge >= 0.3 is 5.97 Å². The van der Waals surface area contributed by atoms with Gasteiger partial charge in [-0.15, -0.1) is 0 Å². The van der Waals surface area contributed by atoms with Gasteiger partial charge in [0.25, 0.3) is 5.79 Å². The molecule has 145 heavy (non-hydrogen) atoms. The molecule has 0 aromatic carbocycles. The highest BCUT2D eigenvalue weighted by Gasteiger charge is 2.64. The average molecular weight is 2120 g/mol. The number of carboxylic acid groups (broad SMARTS) is 1. The third kappa shape index (κ3) is 27.0. The number of rotatable bonds is 39. The Morgan fingerprint density at radius 3 is 1.06 bits per heavy atom. The number of aliphatic hydroxyl groups excluding tert-OH is 29. The van der Waals surface area contributed by atoms with Crippen molar-refractivity contribution in [3.63, 3.8) is 0 Å². The van der Waals surface area contributed by atoms with E-state index < -0.39 is 457 Å². The molecule has 0 unspecified atom stereocenters. The van der Waals surface area contributed by atoms with Crippen molar-refractivity contribution in [1.29, 1.82) is 0 Å². The van der Waals surface area contributed by atoms with Crippen LogP contribution in [0.1, 0.15) is 54.9 Å². The predicted molar refractivity (Wildman–Crippen MR) is 448 cm³/mol. The molecule has 0 bridgehead atoms. The zero-order valence-corrected chi connectivity index (χ0v) is 78.4. The lowest BCUT2D eigenvalue weighted by atomic mass is 9.88. The van der Waals surface area contributed by atoms with Crippen LogP contribution in [0.2, 0.25) is 0 Å². The lowest BCUT2D eigenvalue weighted by molar-refractivity contribution is -0.409. The van der Waals surface area contributed by atoms with Crippen molar-refractivity contribution < 1.29 is 286 Å². The molecule has 11 fully saturated rings. The van der Waals surface area contributed by atoms with Gasteiger partial charge in [-0.2, -0.15) is 0 Å². The molecule has 36 N–H and O–H groups in total. The SMILES string of the molecule is CC(=O)N[C@@H]1[C@@H](O)[C@H](O[C@@H]2O[C@H](CO)[C@@H](O[C@@H]3O[C@H](CO[C@H]4O[C@H](CO)[C@@H](O)[C@H](O)[C@@H]4O[C@@H]4O[C@H](CO)[C@@H](O)[C@H](O)[C@H]4NC(C)=O)[C@@H](O[C@@H]4O[C@H](CO)[C@@H](O)[C@H](O)[C@H]4NC(C)=O)[C@H](O[C@H]4O[C@H](CO)[C@@H](O)[C@H](O)[C@@H]4O[C@@H]4O[C@H](CO)[C@@H](O[C@@H]5O[C@H](CO[C@]6(C(=O)O)C[C@H](O)[C@@H](NC(C)=O)[C@H]([C@H](O)[C@H](O)CO)O6)[C@H](O)[C@H](O)[C@H]5O)[C@H](O)[C@H]4NC(C)=O)[C@@H]3O)[C@H](O)[C@H]2NC(C)=O)[C@@H](CO[C@@H]2O[C@@H](C)[C@@H](O)[C@@H](O)[C@@H]2O)O[C@@H]1O. The average Bonchev–Trinajstić information content (AvgIpc) is 0.791. The summed E-state index contributed by atoms with van der Waals surface area (Å²) in [5.41, 5.74) is 0. The fourth-order valence-corrected chi connectivity index (χ4v) is 18.7. The molecule has 0 saturated carbocycles. The molecule has 0 aromatic heterocycles. The van der Waals surface area contributed by atoms with Gasteiger partial charge in [0, 0.05) is 48.0 Å². The zero-order valence-electron chi connectivity index (χ0n) is 78.4. The van der Waals surface area contributed by atoms with E-state index in [4.69, 9.17) is 99.5 Å². The molecule has 0 aromatic rings. The van der Waals surface area contributed by atoms with E-state index in [9.17, 15) is 187 Å². The van der Waals surface area contributed by atoms with Gasteiger partial charge in [-0.25, -0.2) is 4.79 Å². The fourth-order valence-electron chi connectivity index (χ4n) is 18.7. The molecule has 0 aliphatic carbocycles. The summed E-state index contributed by atoms with van der Waals surface area (Å²) >= 11 is 0. The van der Waals surface area contributed by atoms with E-state index in [1.165, 1.54) is 6.92 Å². The minimum absolute atomic E-state index is 0.829. The normalized spacial score (nSPS) is 47.2. The number of nitrogens with one attached hydrogen (secondary N) is 6. The van der Waals surface area contributed by atoms with Crippen molar-refractivity contribution >= 4 is 41.4 Å². The van der Waals surface area contributed by atoms with Crippen molar-refractivity contribution in [2.75, 3.05) is 66.1 Å². The zero-order chi connectivity index (χ0) is 107. The Bertz CT molecular complexity index is 4150. The molecule has 11 rings (SSSR count). The summed E-state index contributed by atoms with van der Waals surface area (Å²) in [5.74, 6) is -11.1. The van der Waals surface area contributed by atoms with E-state index in [2.05, 4.69) is 31.9 Å². The van der Waals surface area contributed by atoms with Crippen LogP contribution in [0.3, 0.4) is 0 Å². The number of carboxylic acids is 1. The maximum absolute atomic E-state index is 13.5. The predicted octanol–water partition coefficient (Wildman–Crippen LogP) is -23.9. The van der Waals surface area contributed by atoms with Gasteiger partial charge in [0.1, 0.15) is 256 Å². The van der Waals surface area contributed by atoms with E-state index in [-0.39, 0.29) is 0 Å². The van der Waals surface area contributed by atoms with E-state index in [0.29, 0.717) is 0 Å². The molecule has 56 atom stereocenters. The molecule has 11 heterocycles. The summed E-state index contributed by atoms with van der Waals surface area (Å²) in [6.45, 7) is -5.66. The maximum Gasteiger partial charge on any atom is 0.364 e. The molecule has 836 valence electrons. The summed E-state index contributed by atoms with van der Waals surface area (Å²) in [6.07, 6.45) is -111. The Kier molecular flexibility index (Phi) is 42.7. The van der Waals surface area contributed by atoms with Gasteiger partial charge < -0.3 is 285 Å².